The number of rotatable bonds is 2. The van der Waals surface area contributed by atoms with Gasteiger partial charge in [0, 0.05) is 31.1 Å². The molecule has 0 aliphatic carbocycles. The molecule has 2 rings (SSSR count). The highest BCUT2D eigenvalue weighted by Gasteiger charge is 2.35. The Morgan fingerprint density at radius 1 is 1.38 bits per heavy atom. The Hall–Kier alpha value is 0.210. The molecule has 0 aromatic carbocycles. The van der Waals surface area contributed by atoms with E-state index < -0.39 is 0 Å². The largest absolute Gasteiger partial charge is 0.300 e. The van der Waals surface area contributed by atoms with Gasteiger partial charge in [0.2, 0.25) is 0 Å². The van der Waals surface area contributed by atoms with E-state index in [1.165, 1.54) is 39.0 Å². The highest BCUT2D eigenvalue weighted by Crippen LogP contribution is 2.25. The van der Waals surface area contributed by atoms with Crippen LogP contribution >= 0.6 is 11.6 Å². The second kappa shape index (κ2) is 4.16. The van der Waals surface area contributed by atoms with Gasteiger partial charge in [0.25, 0.3) is 0 Å². The third kappa shape index (κ3) is 1.85. The van der Waals surface area contributed by atoms with Gasteiger partial charge < -0.3 is 4.90 Å². The van der Waals surface area contributed by atoms with E-state index in [1.54, 1.807) is 0 Å². The molecule has 2 nitrogen and oxygen atoms in total. The minimum Gasteiger partial charge on any atom is -0.300 e. The van der Waals surface area contributed by atoms with Crippen LogP contribution in [0.3, 0.4) is 0 Å². The maximum atomic E-state index is 6.00. The van der Waals surface area contributed by atoms with Gasteiger partial charge in [-0.1, -0.05) is 6.92 Å². The first-order valence-electron chi connectivity index (χ1n) is 5.39. The molecule has 2 heterocycles. The molecule has 2 saturated heterocycles. The molecule has 0 bridgehead atoms. The highest BCUT2D eigenvalue weighted by atomic mass is 35.5. The van der Waals surface area contributed by atoms with Crippen molar-refractivity contribution in [3.05, 3.63) is 0 Å². The van der Waals surface area contributed by atoms with E-state index in [1.807, 2.05) is 0 Å². The predicted octanol–water partition coefficient (Wildman–Crippen LogP) is 1.39. The van der Waals surface area contributed by atoms with Gasteiger partial charge in [-0.05, 0) is 25.9 Å². The molecule has 0 aromatic rings. The number of alkyl halides is 1. The standard InChI is InChI=1S/C10H19ClN2/c1-2-12-7-9-4-3-5-13(9)10(6-11)8-12/h9-10H,2-8H2,1H3. The summed E-state index contributed by atoms with van der Waals surface area (Å²) in [6.07, 6.45) is 2.75. The minimum atomic E-state index is 0.614. The zero-order valence-electron chi connectivity index (χ0n) is 8.38. The van der Waals surface area contributed by atoms with Crippen molar-refractivity contribution in [1.29, 1.82) is 0 Å². The lowest BCUT2D eigenvalue weighted by Gasteiger charge is -2.42. The Morgan fingerprint density at radius 3 is 2.92 bits per heavy atom. The molecule has 2 aliphatic rings. The summed E-state index contributed by atoms with van der Waals surface area (Å²) >= 11 is 6.00. The average Bonchev–Trinajstić information content (AvgIpc) is 2.63. The van der Waals surface area contributed by atoms with Gasteiger partial charge in [0.15, 0.2) is 0 Å². The van der Waals surface area contributed by atoms with Gasteiger partial charge in [0.1, 0.15) is 0 Å². The van der Waals surface area contributed by atoms with Crippen LogP contribution in [0, 0.1) is 0 Å². The maximum absolute atomic E-state index is 6.00. The summed E-state index contributed by atoms with van der Waals surface area (Å²) in [5.41, 5.74) is 0. The van der Waals surface area contributed by atoms with Crippen LogP contribution in [-0.4, -0.2) is 53.9 Å². The lowest BCUT2D eigenvalue weighted by molar-refractivity contribution is 0.0639. The molecule has 0 amide bonds. The van der Waals surface area contributed by atoms with Crippen LogP contribution in [0.5, 0.6) is 0 Å². The smallest absolute Gasteiger partial charge is 0.0392 e. The second-order valence-corrected chi connectivity index (χ2v) is 4.50. The van der Waals surface area contributed by atoms with E-state index >= 15 is 0 Å². The molecule has 2 unspecified atom stereocenters. The van der Waals surface area contributed by atoms with Crippen molar-refractivity contribution in [2.75, 3.05) is 32.1 Å². The van der Waals surface area contributed by atoms with Crippen LogP contribution in [0.4, 0.5) is 0 Å². The molecule has 2 aliphatic heterocycles. The van der Waals surface area contributed by atoms with Crippen molar-refractivity contribution in [3.8, 4) is 0 Å². The number of halogens is 1. The molecule has 0 saturated carbocycles. The maximum Gasteiger partial charge on any atom is 0.0392 e. The predicted molar refractivity (Wildman–Crippen MR) is 56.4 cm³/mol. The number of hydrogen-bond acceptors (Lipinski definition) is 2. The van der Waals surface area contributed by atoms with Gasteiger partial charge in [-0.15, -0.1) is 11.6 Å². The van der Waals surface area contributed by atoms with E-state index in [4.69, 9.17) is 11.6 Å². The van der Waals surface area contributed by atoms with Gasteiger partial charge in [-0.3, -0.25) is 4.90 Å². The SMILES string of the molecule is CCN1CC(CCl)N2CCCC2C1. The Labute approximate surface area is 85.8 Å². The van der Waals surface area contributed by atoms with Crippen LogP contribution in [0.25, 0.3) is 0 Å². The van der Waals surface area contributed by atoms with E-state index in [0.29, 0.717) is 6.04 Å². The zero-order valence-corrected chi connectivity index (χ0v) is 9.13. The van der Waals surface area contributed by atoms with Crippen molar-refractivity contribution in [3.63, 3.8) is 0 Å². The molecule has 0 N–H and O–H groups in total. The molecule has 13 heavy (non-hydrogen) atoms. The second-order valence-electron chi connectivity index (χ2n) is 4.19. The van der Waals surface area contributed by atoms with Crippen LogP contribution in [-0.2, 0) is 0 Å². The Kier molecular flexibility index (Phi) is 3.12. The molecule has 76 valence electrons. The summed E-state index contributed by atoms with van der Waals surface area (Å²) in [6, 6.07) is 1.42. The molecule has 0 aromatic heterocycles. The number of nitrogens with zero attached hydrogens (tertiary/aromatic N) is 2. The number of piperazine rings is 1. The normalized spacial score (nSPS) is 36.5. The first-order valence-corrected chi connectivity index (χ1v) is 5.92. The zero-order chi connectivity index (χ0) is 9.26. The summed E-state index contributed by atoms with van der Waals surface area (Å²) in [6.45, 7) is 7.15. The fraction of sp³-hybridized carbons (Fsp3) is 1.00. The molecule has 0 spiro atoms. The minimum absolute atomic E-state index is 0.614. The Balaban J connectivity index is 2.01. The van der Waals surface area contributed by atoms with E-state index in [2.05, 4.69) is 16.7 Å². The summed E-state index contributed by atoms with van der Waals surface area (Å²) in [7, 11) is 0. The molecule has 0 radical (unpaired) electrons. The summed E-state index contributed by atoms with van der Waals surface area (Å²) in [5.74, 6) is 0.799. The van der Waals surface area contributed by atoms with Crippen molar-refractivity contribution in [2.24, 2.45) is 0 Å². The lowest BCUT2D eigenvalue weighted by Crippen LogP contribution is -2.56. The fourth-order valence-electron chi connectivity index (χ4n) is 2.71. The quantitative estimate of drug-likeness (QED) is 0.625. The monoisotopic (exact) mass is 202 g/mol. The van der Waals surface area contributed by atoms with E-state index in [0.717, 1.165) is 11.9 Å². The molecule has 2 fully saturated rings. The van der Waals surface area contributed by atoms with E-state index in [9.17, 15) is 0 Å². The van der Waals surface area contributed by atoms with Crippen LogP contribution in [0.1, 0.15) is 19.8 Å². The summed E-state index contributed by atoms with van der Waals surface area (Å²) in [5, 5.41) is 0. The summed E-state index contributed by atoms with van der Waals surface area (Å²) in [4.78, 5) is 5.17. The molecule has 2 atom stereocenters. The van der Waals surface area contributed by atoms with Crippen molar-refractivity contribution >= 4 is 11.6 Å². The lowest BCUT2D eigenvalue weighted by atomic mass is 10.1. The van der Waals surface area contributed by atoms with Gasteiger partial charge in [-0.25, -0.2) is 0 Å². The first kappa shape index (κ1) is 9.75. The number of fused-ring (bicyclic) bond motifs is 1. The van der Waals surface area contributed by atoms with Crippen molar-refractivity contribution in [2.45, 2.75) is 31.8 Å². The summed E-state index contributed by atoms with van der Waals surface area (Å²) < 4.78 is 0. The van der Waals surface area contributed by atoms with Gasteiger partial charge in [0.05, 0.1) is 0 Å². The average molecular weight is 203 g/mol. The first-order chi connectivity index (χ1) is 6.35. The van der Waals surface area contributed by atoms with Crippen LogP contribution in [0.2, 0.25) is 0 Å². The fourth-order valence-corrected chi connectivity index (χ4v) is 2.98. The Morgan fingerprint density at radius 2 is 2.23 bits per heavy atom. The molecule has 3 heteroatoms. The van der Waals surface area contributed by atoms with Crippen LogP contribution in [0.15, 0.2) is 0 Å². The topological polar surface area (TPSA) is 6.48 Å². The number of likely N-dealkylation sites (N-methyl/N-ethyl adjacent to an activating group) is 1. The molecular formula is C10H19ClN2. The van der Waals surface area contributed by atoms with E-state index in [-0.39, 0.29) is 0 Å². The van der Waals surface area contributed by atoms with Gasteiger partial charge >= 0.3 is 0 Å². The highest BCUT2D eigenvalue weighted by molar-refractivity contribution is 6.18. The number of hydrogen-bond donors (Lipinski definition) is 0. The van der Waals surface area contributed by atoms with Crippen molar-refractivity contribution < 1.29 is 0 Å². The third-order valence-corrected chi connectivity index (χ3v) is 3.81. The molecular weight excluding hydrogens is 184 g/mol. The van der Waals surface area contributed by atoms with Gasteiger partial charge in [-0.2, -0.15) is 0 Å². The third-order valence-electron chi connectivity index (χ3n) is 3.45. The Bertz CT molecular complexity index is 174. The van der Waals surface area contributed by atoms with Crippen molar-refractivity contribution in [1.82, 2.24) is 9.80 Å². The van der Waals surface area contributed by atoms with Crippen LogP contribution < -0.4 is 0 Å².